The predicted molar refractivity (Wildman–Crippen MR) is 123 cm³/mol. The Kier molecular flexibility index (Phi) is 5.17. The van der Waals surface area contributed by atoms with Crippen LogP contribution < -0.4 is 10.5 Å². The molecule has 0 saturated heterocycles. The molecule has 5 rings (SSSR count). The summed E-state index contributed by atoms with van der Waals surface area (Å²) in [6.45, 7) is 3.67. The molecule has 2 aromatic carbocycles. The standard InChI is InChI=1S/C25H23F2N3O5/c1-25(2)14-6-4-5-7-18(14)30(24(33)34)21(25)23(32)29(3)19-11-35-10-17-20(19)12-8-15(26)16(27)9-13(12)22(31)28-17/h4-9,19,21H,10-11H2,1-3H3,(H,28,31)(H,33,34). The average Bonchev–Trinajstić information content (AvgIpc) is 3.06. The molecule has 3 aromatic rings. The molecule has 8 nitrogen and oxygen atoms in total. The van der Waals surface area contributed by atoms with Crippen molar-refractivity contribution >= 4 is 28.5 Å². The third-order valence-electron chi connectivity index (χ3n) is 7.09. The first-order valence-corrected chi connectivity index (χ1v) is 11.0. The van der Waals surface area contributed by atoms with Gasteiger partial charge in [0.1, 0.15) is 6.04 Å². The Morgan fingerprint density at radius 1 is 1.17 bits per heavy atom. The summed E-state index contributed by atoms with van der Waals surface area (Å²) in [7, 11) is 1.52. The highest BCUT2D eigenvalue weighted by Crippen LogP contribution is 2.46. The summed E-state index contributed by atoms with van der Waals surface area (Å²) in [6, 6.07) is 6.90. The van der Waals surface area contributed by atoms with Crippen LogP contribution in [0.5, 0.6) is 0 Å². The van der Waals surface area contributed by atoms with Crippen molar-refractivity contribution in [3.8, 4) is 0 Å². The summed E-state index contributed by atoms with van der Waals surface area (Å²) in [5.41, 5.74) is 0.511. The first kappa shape index (κ1) is 23.0. The number of ether oxygens (including phenoxy) is 1. The van der Waals surface area contributed by atoms with Crippen LogP contribution in [0.4, 0.5) is 19.3 Å². The van der Waals surface area contributed by atoms with Gasteiger partial charge in [-0.1, -0.05) is 32.0 Å². The van der Waals surface area contributed by atoms with Crippen molar-refractivity contribution in [2.24, 2.45) is 0 Å². The molecule has 1 aromatic heterocycles. The van der Waals surface area contributed by atoms with Gasteiger partial charge in [-0.05, 0) is 29.1 Å². The number of pyridine rings is 1. The summed E-state index contributed by atoms with van der Waals surface area (Å²) in [5, 5.41) is 10.1. The topological polar surface area (TPSA) is 103 Å². The number of amides is 2. The van der Waals surface area contributed by atoms with E-state index in [0.29, 0.717) is 16.9 Å². The number of nitrogens with one attached hydrogen (secondary N) is 1. The average molecular weight is 483 g/mol. The van der Waals surface area contributed by atoms with Crippen LogP contribution in [0.15, 0.2) is 41.2 Å². The maximum absolute atomic E-state index is 14.2. The van der Waals surface area contributed by atoms with Gasteiger partial charge in [0, 0.05) is 23.7 Å². The van der Waals surface area contributed by atoms with E-state index >= 15 is 0 Å². The molecule has 0 saturated carbocycles. The van der Waals surface area contributed by atoms with E-state index in [-0.39, 0.29) is 24.0 Å². The van der Waals surface area contributed by atoms with Crippen molar-refractivity contribution in [1.29, 1.82) is 0 Å². The van der Waals surface area contributed by atoms with Crippen LogP contribution in [-0.4, -0.2) is 46.7 Å². The molecule has 0 fully saturated rings. The van der Waals surface area contributed by atoms with Crippen LogP contribution in [0.25, 0.3) is 10.8 Å². The summed E-state index contributed by atoms with van der Waals surface area (Å²) < 4.78 is 33.7. The van der Waals surface area contributed by atoms with Gasteiger partial charge < -0.3 is 19.7 Å². The number of aromatic nitrogens is 1. The first-order chi connectivity index (χ1) is 16.5. The van der Waals surface area contributed by atoms with Crippen molar-refractivity contribution in [2.45, 2.75) is 38.0 Å². The van der Waals surface area contributed by atoms with E-state index in [4.69, 9.17) is 4.74 Å². The molecule has 0 radical (unpaired) electrons. The molecule has 182 valence electrons. The van der Waals surface area contributed by atoms with Crippen LogP contribution in [-0.2, 0) is 21.6 Å². The van der Waals surface area contributed by atoms with E-state index in [1.54, 1.807) is 24.3 Å². The third kappa shape index (κ3) is 3.31. The number of carbonyl (C=O) groups excluding carboxylic acids is 1. The van der Waals surface area contributed by atoms with Gasteiger partial charge in [-0.15, -0.1) is 0 Å². The second kappa shape index (κ2) is 7.88. The van der Waals surface area contributed by atoms with Crippen molar-refractivity contribution < 1.29 is 28.2 Å². The van der Waals surface area contributed by atoms with E-state index in [9.17, 15) is 28.3 Å². The fraction of sp³-hybridized carbons (Fsp3) is 0.320. The summed E-state index contributed by atoms with van der Waals surface area (Å²) >= 11 is 0. The highest BCUT2D eigenvalue weighted by molar-refractivity contribution is 6.02. The molecule has 35 heavy (non-hydrogen) atoms. The number of fused-ring (bicyclic) bond motifs is 4. The number of para-hydroxylation sites is 1. The van der Waals surface area contributed by atoms with E-state index < -0.39 is 46.7 Å². The second-order valence-corrected chi connectivity index (χ2v) is 9.43. The van der Waals surface area contributed by atoms with Gasteiger partial charge in [0.15, 0.2) is 11.6 Å². The Bertz CT molecular complexity index is 1450. The number of likely N-dealkylation sites (N-methyl/N-ethyl adjacent to an activating group) is 1. The molecule has 2 amide bonds. The van der Waals surface area contributed by atoms with Crippen LogP contribution in [0.2, 0.25) is 0 Å². The number of benzene rings is 2. The zero-order chi connectivity index (χ0) is 25.2. The highest BCUT2D eigenvalue weighted by Gasteiger charge is 2.52. The molecule has 0 spiro atoms. The first-order valence-electron chi connectivity index (χ1n) is 11.0. The number of aromatic amines is 1. The molecule has 3 heterocycles. The maximum Gasteiger partial charge on any atom is 0.412 e. The lowest BCUT2D eigenvalue weighted by Gasteiger charge is -2.39. The van der Waals surface area contributed by atoms with E-state index in [1.807, 2.05) is 13.8 Å². The van der Waals surface area contributed by atoms with Gasteiger partial charge in [-0.25, -0.2) is 13.6 Å². The van der Waals surface area contributed by atoms with Crippen molar-refractivity contribution in [3.63, 3.8) is 0 Å². The monoisotopic (exact) mass is 483 g/mol. The number of anilines is 1. The number of nitrogens with zero attached hydrogens (tertiary/aromatic N) is 2. The Morgan fingerprint density at radius 2 is 1.83 bits per heavy atom. The maximum atomic E-state index is 14.2. The third-order valence-corrected chi connectivity index (χ3v) is 7.09. The largest absolute Gasteiger partial charge is 0.465 e. The summed E-state index contributed by atoms with van der Waals surface area (Å²) in [6.07, 6.45) is -1.26. The number of carboxylic acid groups (broad SMARTS) is 1. The van der Waals surface area contributed by atoms with Gasteiger partial charge in [-0.2, -0.15) is 0 Å². The highest BCUT2D eigenvalue weighted by atomic mass is 19.2. The van der Waals surface area contributed by atoms with Gasteiger partial charge in [0.25, 0.3) is 5.56 Å². The molecular formula is C25H23F2N3O5. The number of hydrogen-bond acceptors (Lipinski definition) is 4. The zero-order valence-corrected chi connectivity index (χ0v) is 19.3. The summed E-state index contributed by atoms with van der Waals surface area (Å²) in [5.74, 6) is -2.76. The number of rotatable bonds is 2. The van der Waals surface area contributed by atoms with Crippen molar-refractivity contribution in [1.82, 2.24) is 9.88 Å². The normalized spacial score (nSPS) is 20.4. The van der Waals surface area contributed by atoms with Crippen LogP contribution in [0.1, 0.15) is 36.7 Å². The Morgan fingerprint density at radius 3 is 2.51 bits per heavy atom. The Balaban J connectivity index is 1.62. The molecule has 0 bridgehead atoms. The Hall–Kier alpha value is -3.79. The zero-order valence-electron chi connectivity index (χ0n) is 19.3. The molecule has 0 aliphatic carbocycles. The minimum absolute atomic E-state index is 0.0274. The lowest BCUT2D eigenvalue weighted by Crippen LogP contribution is -2.55. The van der Waals surface area contributed by atoms with Crippen LogP contribution in [0.3, 0.4) is 0 Å². The number of H-pyrrole nitrogens is 1. The van der Waals surface area contributed by atoms with Crippen molar-refractivity contribution in [2.75, 3.05) is 18.6 Å². The van der Waals surface area contributed by atoms with E-state index in [2.05, 4.69) is 4.98 Å². The lowest BCUT2D eigenvalue weighted by molar-refractivity contribution is -0.136. The number of halogens is 2. The van der Waals surface area contributed by atoms with Gasteiger partial charge in [0.2, 0.25) is 5.91 Å². The quantitative estimate of drug-likeness (QED) is 0.579. The minimum Gasteiger partial charge on any atom is -0.465 e. The van der Waals surface area contributed by atoms with Gasteiger partial charge >= 0.3 is 6.09 Å². The van der Waals surface area contributed by atoms with Crippen LogP contribution in [0, 0.1) is 11.6 Å². The second-order valence-electron chi connectivity index (χ2n) is 9.43. The van der Waals surface area contributed by atoms with Crippen molar-refractivity contribution in [3.05, 3.63) is 75.2 Å². The lowest BCUT2D eigenvalue weighted by atomic mass is 9.79. The fourth-order valence-corrected chi connectivity index (χ4v) is 5.36. The minimum atomic E-state index is -1.26. The molecular weight excluding hydrogens is 460 g/mol. The number of hydrogen-bond donors (Lipinski definition) is 2. The Labute approximate surface area is 198 Å². The number of carbonyl (C=O) groups is 2. The van der Waals surface area contributed by atoms with Gasteiger partial charge in [-0.3, -0.25) is 14.5 Å². The fourth-order valence-electron chi connectivity index (χ4n) is 5.36. The smallest absolute Gasteiger partial charge is 0.412 e. The predicted octanol–water partition coefficient (Wildman–Crippen LogP) is 3.68. The van der Waals surface area contributed by atoms with Crippen LogP contribution >= 0.6 is 0 Å². The summed E-state index contributed by atoms with van der Waals surface area (Å²) in [4.78, 5) is 43.8. The molecule has 2 aliphatic heterocycles. The molecule has 2 unspecified atom stereocenters. The van der Waals surface area contributed by atoms with Gasteiger partial charge in [0.05, 0.1) is 30.3 Å². The molecule has 2 aliphatic rings. The van der Waals surface area contributed by atoms with E-state index in [0.717, 1.165) is 22.6 Å². The molecule has 2 N–H and O–H groups in total. The molecule has 2 atom stereocenters. The SMILES string of the molecule is CN(C(=O)C1N(C(=O)O)c2ccccc2C1(C)C)C1COCc2[nH]c(=O)c3cc(F)c(F)cc3c21. The molecule has 10 heteroatoms. The van der Waals surface area contributed by atoms with E-state index in [1.165, 1.54) is 11.9 Å².